The van der Waals surface area contributed by atoms with E-state index < -0.39 is 8.32 Å². The summed E-state index contributed by atoms with van der Waals surface area (Å²) in [5, 5.41) is 0.161. The lowest BCUT2D eigenvalue weighted by molar-refractivity contribution is -0.104. The number of hydrogen-bond donors (Lipinski definition) is 0. The summed E-state index contributed by atoms with van der Waals surface area (Å²) in [5.74, 6) is 0.863. The van der Waals surface area contributed by atoms with Crippen molar-refractivity contribution in [3.8, 4) is 5.75 Å². The van der Waals surface area contributed by atoms with E-state index >= 15 is 0 Å². The quantitative estimate of drug-likeness (QED) is 0.460. The maximum Gasteiger partial charge on any atom is 0.250 e. The molecule has 0 amide bonds. The van der Waals surface area contributed by atoms with Gasteiger partial charge in [-0.05, 0) is 36.4 Å². The summed E-state index contributed by atoms with van der Waals surface area (Å²) < 4.78 is 6.27. The lowest BCUT2D eigenvalue weighted by Gasteiger charge is -2.36. The fourth-order valence-corrected chi connectivity index (χ4v) is 2.32. The maximum absolute atomic E-state index is 10.4. The zero-order valence-electron chi connectivity index (χ0n) is 11.9. The molecule has 0 aliphatic heterocycles. The summed E-state index contributed by atoms with van der Waals surface area (Å²) in [4.78, 5) is 10.4. The van der Waals surface area contributed by atoms with Gasteiger partial charge in [0.25, 0.3) is 8.32 Å². The highest BCUT2D eigenvalue weighted by atomic mass is 28.4. The summed E-state index contributed by atoms with van der Waals surface area (Å²) >= 11 is 0. The zero-order chi connectivity index (χ0) is 13.8. The fraction of sp³-hybridized carbons (Fsp3) is 0.400. The van der Waals surface area contributed by atoms with E-state index in [4.69, 9.17) is 4.43 Å². The standard InChI is InChI=1S/C15H22O2Si/c1-15(2,3)18(4,5)17-14-11-7-6-9-13(14)10-8-12-16/h6-12H,1-5H3/b10-8+. The Kier molecular flexibility index (Phi) is 4.51. The first-order valence-corrected chi connectivity index (χ1v) is 9.08. The number of aldehydes is 1. The number of carbonyl (C=O) groups excluding carboxylic acids is 1. The van der Waals surface area contributed by atoms with Crippen LogP contribution in [0.1, 0.15) is 26.3 Å². The summed E-state index contributed by atoms with van der Waals surface area (Å²) in [6.07, 6.45) is 4.06. The molecule has 0 aromatic heterocycles. The van der Waals surface area contributed by atoms with Crippen LogP contribution in [0.2, 0.25) is 18.1 Å². The van der Waals surface area contributed by atoms with Crippen molar-refractivity contribution in [1.29, 1.82) is 0 Å². The lowest BCUT2D eigenvalue weighted by Crippen LogP contribution is -2.44. The predicted octanol–water partition coefficient (Wildman–Crippen LogP) is 4.28. The van der Waals surface area contributed by atoms with Gasteiger partial charge in [-0.2, -0.15) is 0 Å². The average Bonchev–Trinajstić information content (AvgIpc) is 2.26. The number of rotatable bonds is 4. The second kappa shape index (κ2) is 5.53. The first-order chi connectivity index (χ1) is 8.28. The minimum absolute atomic E-state index is 0.161. The Labute approximate surface area is 111 Å². The van der Waals surface area contributed by atoms with Crippen LogP contribution in [0.4, 0.5) is 0 Å². The Morgan fingerprint density at radius 3 is 2.33 bits per heavy atom. The van der Waals surface area contributed by atoms with Crippen LogP contribution in [0.15, 0.2) is 30.3 Å². The molecule has 3 heteroatoms. The molecule has 0 saturated carbocycles. The lowest BCUT2D eigenvalue weighted by atomic mass is 10.2. The van der Waals surface area contributed by atoms with Gasteiger partial charge in [-0.1, -0.05) is 39.0 Å². The zero-order valence-corrected chi connectivity index (χ0v) is 12.9. The van der Waals surface area contributed by atoms with Gasteiger partial charge in [-0.3, -0.25) is 4.79 Å². The summed E-state index contributed by atoms with van der Waals surface area (Å²) in [6, 6.07) is 7.83. The van der Waals surface area contributed by atoms with Gasteiger partial charge in [0.15, 0.2) is 0 Å². The molecule has 0 atom stereocenters. The molecule has 0 aliphatic rings. The molecule has 18 heavy (non-hydrogen) atoms. The van der Waals surface area contributed by atoms with Gasteiger partial charge in [0.1, 0.15) is 12.0 Å². The Hall–Kier alpha value is -1.35. The van der Waals surface area contributed by atoms with E-state index in [1.807, 2.05) is 24.3 Å². The fourth-order valence-electron chi connectivity index (χ4n) is 1.28. The largest absolute Gasteiger partial charge is 0.543 e. The molecule has 0 saturated heterocycles. The molecule has 0 bridgehead atoms. The summed E-state index contributed by atoms with van der Waals surface area (Å²) in [6.45, 7) is 11.1. The highest BCUT2D eigenvalue weighted by Gasteiger charge is 2.39. The molecule has 0 N–H and O–H groups in total. The van der Waals surface area contributed by atoms with Crippen molar-refractivity contribution in [2.45, 2.75) is 38.9 Å². The van der Waals surface area contributed by atoms with Gasteiger partial charge in [-0.15, -0.1) is 0 Å². The molecule has 1 aromatic rings. The molecule has 2 nitrogen and oxygen atoms in total. The molecule has 1 rings (SSSR count). The van der Waals surface area contributed by atoms with Crippen LogP contribution < -0.4 is 4.43 Å². The van der Waals surface area contributed by atoms with Crippen molar-refractivity contribution < 1.29 is 9.22 Å². The second-order valence-corrected chi connectivity index (χ2v) is 10.6. The smallest absolute Gasteiger partial charge is 0.250 e. The van der Waals surface area contributed by atoms with Gasteiger partial charge in [0.05, 0.1) is 0 Å². The van der Waals surface area contributed by atoms with Crippen LogP contribution in [0.5, 0.6) is 5.75 Å². The molecule has 0 fully saturated rings. The van der Waals surface area contributed by atoms with E-state index in [9.17, 15) is 4.79 Å². The van der Waals surface area contributed by atoms with Crippen LogP contribution in [-0.2, 0) is 4.79 Å². The molecule has 0 unspecified atom stereocenters. The normalized spacial score (nSPS) is 12.7. The van der Waals surface area contributed by atoms with Crippen molar-refractivity contribution in [3.63, 3.8) is 0 Å². The van der Waals surface area contributed by atoms with Gasteiger partial charge in [-0.25, -0.2) is 0 Å². The van der Waals surface area contributed by atoms with E-state index in [-0.39, 0.29) is 5.04 Å². The molecule has 0 aliphatic carbocycles. The third kappa shape index (κ3) is 3.57. The van der Waals surface area contributed by atoms with Gasteiger partial charge in [0, 0.05) is 5.56 Å². The molecule has 0 heterocycles. The van der Waals surface area contributed by atoms with Crippen LogP contribution >= 0.6 is 0 Å². The van der Waals surface area contributed by atoms with Gasteiger partial charge >= 0.3 is 0 Å². The molecular weight excluding hydrogens is 240 g/mol. The van der Waals surface area contributed by atoms with Crippen LogP contribution in [0.3, 0.4) is 0 Å². The first kappa shape index (κ1) is 14.7. The predicted molar refractivity (Wildman–Crippen MR) is 79.4 cm³/mol. The number of para-hydroxylation sites is 1. The van der Waals surface area contributed by atoms with Crippen LogP contribution in [0.25, 0.3) is 6.08 Å². The van der Waals surface area contributed by atoms with Crippen LogP contribution in [-0.4, -0.2) is 14.6 Å². The molecule has 1 aromatic carbocycles. The van der Waals surface area contributed by atoms with Crippen molar-refractivity contribution in [1.82, 2.24) is 0 Å². The maximum atomic E-state index is 10.4. The Balaban J connectivity index is 3.04. The average molecular weight is 262 g/mol. The third-order valence-corrected chi connectivity index (χ3v) is 7.79. The van der Waals surface area contributed by atoms with E-state index in [0.29, 0.717) is 0 Å². The Bertz CT molecular complexity index is 442. The van der Waals surface area contributed by atoms with E-state index in [1.165, 1.54) is 6.08 Å². The SMILES string of the molecule is CC(C)(C)[Si](C)(C)Oc1ccccc1/C=C/C=O. The summed E-state index contributed by atoms with van der Waals surface area (Å²) in [5.41, 5.74) is 0.953. The van der Waals surface area contributed by atoms with Crippen molar-refractivity contribution in [2.24, 2.45) is 0 Å². The van der Waals surface area contributed by atoms with Gasteiger partial charge < -0.3 is 4.43 Å². The third-order valence-electron chi connectivity index (χ3n) is 3.44. The highest BCUT2D eigenvalue weighted by molar-refractivity contribution is 6.74. The van der Waals surface area contributed by atoms with Crippen LogP contribution in [0, 0.1) is 0 Å². The first-order valence-electron chi connectivity index (χ1n) is 6.18. The molecule has 98 valence electrons. The number of allylic oxidation sites excluding steroid dienone is 1. The molecule has 0 radical (unpaired) electrons. The topological polar surface area (TPSA) is 26.3 Å². The molecule has 0 spiro atoms. The van der Waals surface area contributed by atoms with Crippen molar-refractivity contribution >= 4 is 20.7 Å². The number of hydrogen-bond acceptors (Lipinski definition) is 2. The molecular formula is C15H22O2Si. The van der Waals surface area contributed by atoms with E-state index in [1.54, 1.807) is 6.08 Å². The van der Waals surface area contributed by atoms with Crippen molar-refractivity contribution in [2.75, 3.05) is 0 Å². The Morgan fingerprint density at radius 2 is 1.78 bits per heavy atom. The highest BCUT2D eigenvalue weighted by Crippen LogP contribution is 2.38. The summed E-state index contributed by atoms with van der Waals surface area (Å²) in [7, 11) is -1.84. The Morgan fingerprint density at radius 1 is 1.17 bits per heavy atom. The minimum atomic E-state index is -1.84. The monoisotopic (exact) mass is 262 g/mol. The number of benzene rings is 1. The number of carbonyl (C=O) groups is 1. The van der Waals surface area contributed by atoms with Gasteiger partial charge in [0.2, 0.25) is 0 Å². The minimum Gasteiger partial charge on any atom is -0.543 e. The van der Waals surface area contributed by atoms with E-state index in [0.717, 1.165) is 17.6 Å². The van der Waals surface area contributed by atoms with E-state index in [2.05, 4.69) is 33.9 Å². The second-order valence-electron chi connectivity index (χ2n) is 5.90. The van der Waals surface area contributed by atoms with Crippen molar-refractivity contribution in [3.05, 3.63) is 35.9 Å².